The molecule has 0 amide bonds. The Morgan fingerprint density at radius 2 is 2.11 bits per heavy atom. The van der Waals surface area contributed by atoms with Crippen molar-refractivity contribution in [2.24, 2.45) is 13.0 Å². The minimum absolute atomic E-state index is 0.445. The Bertz CT molecular complexity index is 344. The van der Waals surface area contributed by atoms with Crippen molar-refractivity contribution in [1.82, 2.24) is 15.1 Å². The molecule has 0 radical (unpaired) electrons. The second-order valence-electron chi connectivity index (χ2n) is 5.30. The lowest BCUT2D eigenvalue weighted by Crippen LogP contribution is -2.20. The van der Waals surface area contributed by atoms with Crippen molar-refractivity contribution in [1.29, 1.82) is 0 Å². The number of aromatic nitrogens is 2. The number of aryl methyl sites for hydroxylation is 1. The van der Waals surface area contributed by atoms with Crippen LogP contribution in [0.15, 0.2) is 6.20 Å². The summed E-state index contributed by atoms with van der Waals surface area (Å²) in [6.45, 7) is 6.73. The van der Waals surface area contributed by atoms with Crippen LogP contribution in [0.4, 0.5) is 0 Å². The van der Waals surface area contributed by atoms with Gasteiger partial charge < -0.3 is 5.32 Å². The maximum Gasteiger partial charge on any atom is 0.0540 e. The smallest absolute Gasteiger partial charge is 0.0540 e. The molecule has 0 aliphatic heterocycles. The fraction of sp³-hybridized carbons (Fsp3) is 0.800. The van der Waals surface area contributed by atoms with E-state index in [4.69, 9.17) is 0 Å². The van der Waals surface area contributed by atoms with Gasteiger partial charge in [-0.25, -0.2) is 0 Å². The Labute approximate surface area is 112 Å². The maximum absolute atomic E-state index is 4.36. The van der Waals surface area contributed by atoms with E-state index in [0.29, 0.717) is 6.04 Å². The van der Waals surface area contributed by atoms with Gasteiger partial charge in [-0.1, -0.05) is 39.5 Å². The highest BCUT2D eigenvalue weighted by Gasteiger charge is 2.18. The average molecular weight is 251 g/mol. The highest BCUT2D eigenvalue weighted by molar-refractivity contribution is 5.20. The fourth-order valence-corrected chi connectivity index (χ4v) is 2.57. The van der Waals surface area contributed by atoms with Gasteiger partial charge in [-0.3, -0.25) is 4.68 Å². The minimum Gasteiger partial charge on any atom is -0.313 e. The fourth-order valence-electron chi connectivity index (χ4n) is 2.57. The Kier molecular flexibility index (Phi) is 6.41. The number of hydrogen-bond donors (Lipinski definition) is 1. The van der Waals surface area contributed by atoms with Crippen molar-refractivity contribution < 1.29 is 0 Å². The van der Waals surface area contributed by atoms with E-state index in [9.17, 15) is 0 Å². The van der Waals surface area contributed by atoms with E-state index in [1.807, 2.05) is 17.9 Å². The Balaban J connectivity index is 2.68. The summed E-state index contributed by atoms with van der Waals surface area (Å²) in [4.78, 5) is 0. The van der Waals surface area contributed by atoms with E-state index in [2.05, 4.69) is 38.2 Å². The van der Waals surface area contributed by atoms with E-state index < -0.39 is 0 Å². The average Bonchev–Trinajstić information content (AvgIpc) is 2.71. The molecule has 1 aromatic rings. The Hall–Kier alpha value is -0.830. The van der Waals surface area contributed by atoms with Crippen LogP contribution in [0.2, 0.25) is 0 Å². The number of nitrogens with zero attached hydrogens (tertiary/aromatic N) is 2. The quantitative estimate of drug-likeness (QED) is 0.765. The maximum atomic E-state index is 4.36. The molecule has 0 saturated carbocycles. The van der Waals surface area contributed by atoms with E-state index in [1.54, 1.807) is 0 Å². The molecule has 0 aliphatic carbocycles. The van der Waals surface area contributed by atoms with Gasteiger partial charge in [-0.2, -0.15) is 5.10 Å². The lowest BCUT2D eigenvalue weighted by Gasteiger charge is -2.22. The summed E-state index contributed by atoms with van der Waals surface area (Å²) in [5.41, 5.74) is 2.63. The number of nitrogens with one attached hydrogen (secondary N) is 1. The molecule has 0 saturated heterocycles. The first-order valence-electron chi connectivity index (χ1n) is 7.29. The zero-order valence-electron chi connectivity index (χ0n) is 12.7. The predicted octanol–water partition coefficient (Wildman–Crippen LogP) is 3.60. The largest absolute Gasteiger partial charge is 0.313 e. The summed E-state index contributed by atoms with van der Waals surface area (Å²) in [7, 11) is 4.07. The SMILES string of the molecule is CCCCC(CC)CC(NC)c1cnn(C)c1C. The predicted molar refractivity (Wildman–Crippen MR) is 77.7 cm³/mol. The lowest BCUT2D eigenvalue weighted by atomic mass is 9.89. The van der Waals surface area contributed by atoms with Gasteiger partial charge in [0.2, 0.25) is 0 Å². The third-order valence-corrected chi connectivity index (χ3v) is 4.11. The molecule has 0 aliphatic rings. The van der Waals surface area contributed by atoms with Crippen LogP contribution in [-0.2, 0) is 7.05 Å². The van der Waals surface area contributed by atoms with Crippen LogP contribution >= 0.6 is 0 Å². The van der Waals surface area contributed by atoms with Gasteiger partial charge in [0.1, 0.15) is 0 Å². The van der Waals surface area contributed by atoms with Gasteiger partial charge in [0.05, 0.1) is 6.20 Å². The van der Waals surface area contributed by atoms with Crippen LogP contribution in [0.3, 0.4) is 0 Å². The van der Waals surface area contributed by atoms with Crippen molar-refractivity contribution in [3.8, 4) is 0 Å². The van der Waals surface area contributed by atoms with Crippen LogP contribution in [0.25, 0.3) is 0 Å². The summed E-state index contributed by atoms with van der Waals surface area (Å²) >= 11 is 0. The molecule has 1 rings (SSSR count). The van der Waals surface area contributed by atoms with Crippen molar-refractivity contribution in [2.75, 3.05) is 7.05 Å². The van der Waals surface area contributed by atoms with Crippen LogP contribution < -0.4 is 5.32 Å². The molecule has 3 nitrogen and oxygen atoms in total. The monoisotopic (exact) mass is 251 g/mol. The summed E-state index contributed by atoms with van der Waals surface area (Å²) in [5.74, 6) is 0.821. The molecule has 0 bridgehead atoms. The van der Waals surface area contributed by atoms with E-state index in [1.165, 1.54) is 43.4 Å². The third kappa shape index (κ3) is 3.84. The number of rotatable bonds is 8. The molecule has 0 fully saturated rings. The highest BCUT2D eigenvalue weighted by Crippen LogP contribution is 2.27. The molecule has 0 spiro atoms. The van der Waals surface area contributed by atoms with Crippen molar-refractivity contribution in [2.45, 2.75) is 58.9 Å². The van der Waals surface area contributed by atoms with Gasteiger partial charge >= 0.3 is 0 Å². The number of hydrogen-bond acceptors (Lipinski definition) is 2. The Morgan fingerprint density at radius 3 is 2.56 bits per heavy atom. The molecule has 2 atom stereocenters. The molecule has 1 N–H and O–H groups in total. The van der Waals surface area contributed by atoms with Crippen LogP contribution in [0, 0.1) is 12.8 Å². The molecular weight excluding hydrogens is 222 g/mol. The first kappa shape index (κ1) is 15.2. The summed E-state index contributed by atoms with van der Waals surface area (Å²) in [6.07, 6.45) is 8.51. The third-order valence-electron chi connectivity index (χ3n) is 4.11. The summed E-state index contributed by atoms with van der Waals surface area (Å²) in [5, 5.41) is 7.82. The lowest BCUT2D eigenvalue weighted by molar-refractivity contribution is 0.364. The summed E-state index contributed by atoms with van der Waals surface area (Å²) < 4.78 is 1.96. The molecular formula is C15H29N3. The zero-order valence-corrected chi connectivity index (χ0v) is 12.7. The van der Waals surface area contributed by atoms with Gasteiger partial charge in [0, 0.05) is 24.3 Å². The van der Waals surface area contributed by atoms with Crippen molar-refractivity contribution in [3.63, 3.8) is 0 Å². The molecule has 1 heterocycles. The normalized spacial score (nSPS) is 14.7. The van der Waals surface area contributed by atoms with Gasteiger partial charge in [-0.15, -0.1) is 0 Å². The van der Waals surface area contributed by atoms with Crippen molar-refractivity contribution >= 4 is 0 Å². The van der Waals surface area contributed by atoms with Crippen LogP contribution in [0.1, 0.15) is 63.3 Å². The van der Waals surface area contributed by atoms with Gasteiger partial charge in [0.25, 0.3) is 0 Å². The van der Waals surface area contributed by atoms with Gasteiger partial charge in [0.15, 0.2) is 0 Å². The molecule has 0 aromatic carbocycles. The molecule has 1 aromatic heterocycles. The second-order valence-corrected chi connectivity index (χ2v) is 5.30. The second kappa shape index (κ2) is 7.57. The van der Waals surface area contributed by atoms with E-state index in [0.717, 1.165) is 5.92 Å². The van der Waals surface area contributed by atoms with E-state index in [-0.39, 0.29) is 0 Å². The molecule has 18 heavy (non-hydrogen) atoms. The first-order chi connectivity index (χ1) is 8.63. The van der Waals surface area contributed by atoms with Crippen LogP contribution in [-0.4, -0.2) is 16.8 Å². The molecule has 104 valence electrons. The molecule has 2 unspecified atom stereocenters. The first-order valence-corrected chi connectivity index (χ1v) is 7.29. The topological polar surface area (TPSA) is 29.9 Å². The van der Waals surface area contributed by atoms with Gasteiger partial charge in [-0.05, 0) is 26.3 Å². The Morgan fingerprint density at radius 1 is 1.39 bits per heavy atom. The van der Waals surface area contributed by atoms with E-state index >= 15 is 0 Å². The van der Waals surface area contributed by atoms with Crippen molar-refractivity contribution in [3.05, 3.63) is 17.5 Å². The highest BCUT2D eigenvalue weighted by atomic mass is 15.3. The number of unbranched alkanes of at least 4 members (excludes halogenated alkanes) is 1. The summed E-state index contributed by atoms with van der Waals surface area (Å²) in [6, 6.07) is 0.445. The molecule has 3 heteroatoms. The van der Waals surface area contributed by atoms with Crippen LogP contribution in [0.5, 0.6) is 0 Å². The zero-order chi connectivity index (χ0) is 13.5. The minimum atomic E-state index is 0.445. The standard InChI is InChI=1S/C15H29N3/c1-6-8-9-13(7-2)10-15(16-4)14-11-17-18(5)12(14)3/h11,13,15-16H,6-10H2,1-5H3.